The molecule has 2 rings (SSSR count). The predicted molar refractivity (Wildman–Crippen MR) is 71.2 cm³/mol. The molecule has 0 amide bonds. The minimum absolute atomic E-state index is 0.0161. The summed E-state index contributed by atoms with van der Waals surface area (Å²) in [6.45, 7) is 0. The van der Waals surface area contributed by atoms with Crippen molar-refractivity contribution in [2.24, 2.45) is 0 Å². The molecule has 104 valence electrons. The van der Waals surface area contributed by atoms with E-state index >= 15 is 0 Å². The summed E-state index contributed by atoms with van der Waals surface area (Å²) in [6.07, 6.45) is 1.18. The summed E-state index contributed by atoms with van der Waals surface area (Å²) in [4.78, 5) is 17.8. The van der Waals surface area contributed by atoms with Crippen molar-refractivity contribution in [1.29, 1.82) is 0 Å². The van der Waals surface area contributed by atoms with Gasteiger partial charge in [0.1, 0.15) is 6.33 Å². The third kappa shape index (κ3) is 2.69. The van der Waals surface area contributed by atoms with Crippen LogP contribution in [0.4, 0.5) is 11.5 Å². The Hall–Kier alpha value is -2.61. The number of halogens is 1. The molecule has 0 atom stereocenters. The van der Waals surface area contributed by atoms with Crippen molar-refractivity contribution in [2.75, 3.05) is 12.8 Å². The van der Waals surface area contributed by atoms with Crippen molar-refractivity contribution < 1.29 is 14.4 Å². The van der Waals surface area contributed by atoms with E-state index in [1.54, 1.807) is 0 Å². The van der Waals surface area contributed by atoms with Gasteiger partial charge < -0.3 is 15.2 Å². The van der Waals surface area contributed by atoms with Crippen LogP contribution < -0.4 is 15.2 Å². The number of benzene rings is 1. The van der Waals surface area contributed by atoms with Crippen molar-refractivity contribution in [3.63, 3.8) is 0 Å². The Bertz CT molecular complexity index is 665. The van der Waals surface area contributed by atoms with Crippen LogP contribution in [0.2, 0.25) is 5.02 Å². The van der Waals surface area contributed by atoms with E-state index in [1.807, 2.05) is 0 Å². The van der Waals surface area contributed by atoms with Crippen molar-refractivity contribution >= 4 is 23.1 Å². The molecule has 1 aromatic heterocycles. The number of rotatable bonds is 4. The third-order valence-corrected chi connectivity index (χ3v) is 2.65. The maximum absolute atomic E-state index is 10.7. The van der Waals surface area contributed by atoms with Gasteiger partial charge in [0.15, 0.2) is 11.6 Å². The van der Waals surface area contributed by atoms with E-state index in [0.717, 1.165) is 0 Å². The number of nitro benzene ring substituents is 1. The first-order valence-electron chi connectivity index (χ1n) is 5.29. The van der Waals surface area contributed by atoms with E-state index in [2.05, 4.69) is 9.97 Å². The first-order chi connectivity index (χ1) is 9.52. The molecular weight excluding hydrogens is 288 g/mol. The number of anilines is 1. The van der Waals surface area contributed by atoms with E-state index in [9.17, 15) is 10.1 Å². The van der Waals surface area contributed by atoms with Gasteiger partial charge in [0.25, 0.3) is 11.6 Å². The molecule has 1 heterocycles. The molecule has 9 heteroatoms. The van der Waals surface area contributed by atoms with Gasteiger partial charge in [-0.1, -0.05) is 11.6 Å². The van der Waals surface area contributed by atoms with Crippen molar-refractivity contribution in [2.45, 2.75) is 0 Å². The van der Waals surface area contributed by atoms with E-state index < -0.39 is 4.92 Å². The highest BCUT2D eigenvalue weighted by Crippen LogP contribution is 2.37. The Kier molecular flexibility index (Phi) is 3.85. The van der Waals surface area contributed by atoms with E-state index in [1.165, 1.54) is 31.6 Å². The zero-order valence-electron chi connectivity index (χ0n) is 10.2. The van der Waals surface area contributed by atoms with Crippen LogP contribution in [0.25, 0.3) is 0 Å². The Morgan fingerprint density at radius 2 is 2.15 bits per heavy atom. The fourth-order valence-electron chi connectivity index (χ4n) is 1.42. The van der Waals surface area contributed by atoms with Gasteiger partial charge in [-0.15, -0.1) is 0 Å². The van der Waals surface area contributed by atoms with Gasteiger partial charge >= 0.3 is 0 Å². The number of ether oxygens (including phenoxy) is 2. The fraction of sp³-hybridized carbons (Fsp3) is 0.0909. The SMILES string of the molecule is COc1c(N)ncnc1Oc1cc([N+](=O)[O-])ccc1Cl. The van der Waals surface area contributed by atoms with Crippen LogP contribution in [0.15, 0.2) is 24.5 Å². The summed E-state index contributed by atoms with van der Waals surface area (Å²) in [5.41, 5.74) is 5.44. The summed E-state index contributed by atoms with van der Waals surface area (Å²) in [7, 11) is 1.37. The maximum Gasteiger partial charge on any atom is 0.273 e. The van der Waals surface area contributed by atoms with Crippen molar-refractivity contribution in [1.82, 2.24) is 9.97 Å². The van der Waals surface area contributed by atoms with Crippen LogP contribution >= 0.6 is 11.6 Å². The number of nitrogens with two attached hydrogens (primary N) is 1. The topological polar surface area (TPSA) is 113 Å². The Labute approximate surface area is 118 Å². The molecular formula is C11H9ClN4O4. The molecule has 0 unspecified atom stereocenters. The minimum Gasteiger partial charge on any atom is -0.489 e. The molecule has 0 aliphatic carbocycles. The normalized spacial score (nSPS) is 10.1. The molecule has 0 bridgehead atoms. The second-order valence-electron chi connectivity index (χ2n) is 3.57. The van der Waals surface area contributed by atoms with Crippen LogP contribution in [0.5, 0.6) is 17.4 Å². The van der Waals surface area contributed by atoms with Gasteiger partial charge in [-0.2, -0.15) is 4.98 Å². The summed E-state index contributed by atoms with van der Waals surface area (Å²) < 4.78 is 10.4. The summed E-state index contributed by atoms with van der Waals surface area (Å²) in [5.74, 6) is 0.286. The summed E-state index contributed by atoms with van der Waals surface area (Å²) in [6, 6.07) is 3.80. The highest BCUT2D eigenvalue weighted by molar-refractivity contribution is 6.32. The smallest absolute Gasteiger partial charge is 0.273 e. The van der Waals surface area contributed by atoms with Crippen LogP contribution in [0, 0.1) is 10.1 Å². The maximum atomic E-state index is 10.7. The lowest BCUT2D eigenvalue weighted by Crippen LogP contribution is -2.00. The highest BCUT2D eigenvalue weighted by Gasteiger charge is 2.16. The Balaban J connectivity index is 2.42. The Morgan fingerprint density at radius 1 is 1.40 bits per heavy atom. The van der Waals surface area contributed by atoms with Gasteiger partial charge in [-0.05, 0) is 6.07 Å². The molecule has 0 saturated carbocycles. The lowest BCUT2D eigenvalue weighted by atomic mass is 10.3. The molecule has 2 N–H and O–H groups in total. The van der Waals surface area contributed by atoms with Gasteiger partial charge in [0.05, 0.1) is 23.1 Å². The monoisotopic (exact) mass is 296 g/mol. The van der Waals surface area contributed by atoms with Crippen LogP contribution in [0.1, 0.15) is 0 Å². The second-order valence-corrected chi connectivity index (χ2v) is 3.98. The number of nitrogens with zero attached hydrogens (tertiary/aromatic N) is 3. The number of nitro groups is 1. The standard InChI is InChI=1S/C11H9ClN4O4/c1-19-9-10(13)14-5-15-11(9)20-8-4-6(16(17)18)2-3-7(8)12/h2-5H,1H3,(H2,13,14,15). The first kappa shape index (κ1) is 13.8. The first-order valence-corrected chi connectivity index (χ1v) is 5.67. The van der Waals surface area contributed by atoms with Gasteiger partial charge in [0, 0.05) is 6.07 Å². The lowest BCUT2D eigenvalue weighted by molar-refractivity contribution is -0.384. The van der Waals surface area contributed by atoms with Gasteiger partial charge in [-0.25, -0.2) is 4.98 Å². The molecule has 0 aliphatic rings. The van der Waals surface area contributed by atoms with Crippen molar-refractivity contribution in [3.8, 4) is 17.4 Å². The van der Waals surface area contributed by atoms with E-state index in [0.29, 0.717) is 0 Å². The van der Waals surface area contributed by atoms with E-state index in [4.69, 9.17) is 26.8 Å². The molecule has 0 radical (unpaired) electrons. The Morgan fingerprint density at radius 3 is 2.80 bits per heavy atom. The number of aromatic nitrogens is 2. The zero-order chi connectivity index (χ0) is 14.7. The van der Waals surface area contributed by atoms with Crippen LogP contribution in [0.3, 0.4) is 0 Å². The number of non-ortho nitro benzene ring substituents is 1. The molecule has 0 spiro atoms. The fourth-order valence-corrected chi connectivity index (χ4v) is 1.58. The molecule has 8 nitrogen and oxygen atoms in total. The summed E-state index contributed by atoms with van der Waals surface area (Å²) >= 11 is 5.92. The molecule has 1 aromatic carbocycles. The second kappa shape index (κ2) is 5.57. The number of methoxy groups -OCH3 is 1. The lowest BCUT2D eigenvalue weighted by Gasteiger charge is -2.10. The molecule has 0 aliphatic heterocycles. The van der Waals surface area contributed by atoms with Crippen LogP contribution in [-0.4, -0.2) is 22.0 Å². The minimum atomic E-state index is -0.561. The zero-order valence-corrected chi connectivity index (χ0v) is 11.0. The molecule has 0 fully saturated rings. The average molecular weight is 297 g/mol. The number of hydrogen-bond donors (Lipinski definition) is 1. The number of hydrogen-bond acceptors (Lipinski definition) is 7. The quantitative estimate of drug-likeness (QED) is 0.680. The third-order valence-electron chi connectivity index (χ3n) is 2.34. The molecule has 20 heavy (non-hydrogen) atoms. The molecule has 0 saturated heterocycles. The van der Waals surface area contributed by atoms with Crippen LogP contribution in [-0.2, 0) is 0 Å². The largest absolute Gasteiger partial charge is 0.489 e. The number of nitrogen functional groups attached to an aromatic ring is 1. The average Bonchev–Trinajstić information content (AvgIpc) is 2.41. The summed E-state index contributed by atoms with van der Waals surface area (Å²) in [5, 5.41) is 10.9. The van der Waals surface area contributed by atoms with Crippen molar-refractivity contribution in [3.05, 3.63) is 39.7 Å². The highest BCUT2D eigenvalue weighted by atomic mass is 35.5. The van der Waals surface area contributed by atoms with E-state index in [-0.39, 0.29) is 33.9 Å². The van der Waals surface area contributed by atoms with Gasteiger partial charge in [-0.3, -0.25) is 10.1 Å². The van der Waals surface area contributed by atoms with Gasteiger partial charge in [0.2, 0.25) is 5.75 Å². The molecule has 2 aromatic rings. The predicted octanol–water partition coefficient (Wildman–Crippen LogP) is 2.42.